The van der Waals surface area contributed by atoms with Gasteiger partial charge in [0.1, 0.15) is 0 Å². The van der Waals surface area contributed by atoms with E-state index in [2.05, 4.69) is 9.97 Å². The van der Waals surface area contributed by atoms with Crippen LogP contribution in [-0.4, -0.2) is 42.6 Å². The largest absolute Gasteiger partial charge is 0.289 e. The molecule has 0 atom stereocenters. The summed E-state index contributed by atoms with van der Waals surface area (Å²) in [6, 6.07) is 4.15. The molecule has 0 unspecified atom stereocenters. The number of fused-ring (bicyclic) bond motifs is 1. The molecule has 0 spiro atoms. The van der Waals surface area contributed by atoms with Gasteiger partial charge in [0, 0.05) is 7.05 Å². The minimum absolute atomic E-state index is 0.0108. The van der Waals surface area contributed by atoms with Crippen LogP contribution in [0.1, 0.15) is 0 Å². The van der Waals surface area contributed by atoms with E-state index in [1.807, 2.05) is 0 Å². The minimum atomic E-state index is -3.79. The molecule has 2 aromatic rings. The van der Waals surface area contributed by atoms with E-state index >= 15 is 0 Å². The zero-order chi connectivity index (χ0) is 14.9. The van der Waals surface area contributed by atoms with E-state index in [0.29, 0.717) is 11.0 Å². The number of halogens is 2. The molecule has 1 radical (unpaired) electrons. The van der Waals surface area contributed by atoms with Gasteiger partial charge in [0.05, 0.1) is 22.5 Å². The van der Waals surface area contributed by atoms with Gasteiger partial charge < -0.3 is 0 Å². The van der Waals surface area contributed by atoms with E-state index < -0.39 is 10.0 Å². The highest BCUT2D eigenvalue weighted by Crippen LogP contribution is 2.24. The molecule has 20 heavy (non-hydrogen) atoms. The molecule has 0 saturated heterocycles. The Morgan fingerprint density at radius 3 is 2.40 bits per heavy atom. The zero-order valence-electron chi connectivity index (χ0n) is 10.2. The summed E-state index contributed by atoms with van der Waals surface area (Å²) >= 11 is 11.5. The van der Waals surface area contributed by atoms with Crippen LogP contribution in [0, 0.1) is 0 Å². The summed E-state index contributed by atoms with van der Waals surface area (Å²) in [4.78, 5) is 18.2. The van der Waals surface area contributed by atoms with Gasteiger partial charge in [0.25, 0.3) is 0 Å². The predicted molar refractivity (Wildman–Crippen MR) is 75.1 cm³/mol. The molecule has 0 aliphatic heterocycles. The molecule has 0 N–H and O–H groups in total. The number of aromatic nitrogens is 2. The van der Waals surface area contributed by atoms with Crippen LogP contribution in [0.25, 0.3) is 11.0 Å². The maximum atomic E-state index is 12.2. The number of likely N-dealkylation sites (N-methyl/N-ethyl adjacent to an activating group) is 1. The molecule has 1 aromatic heterocycles. The average Bonchev–Trinajstić information content (AvgIpc) is 2.39. The third-order valence-corrected chi connectivity index (χ3v) is 4.97. The van der Waals surface area contributed by atoms with E-state index in [4.69, 9.17) is 23.2 Å². The number of hydrogen-bond donors (Lipinski definition) is 0. The fourth-order valence-corrected chi connectivity index (χ4v) is 2.86. The summed E-state index contributed by atoms with van der Waals surface area (Å²) in [6.07, 6.45) is 1.53. The fourth-order valence-electron chi connectivity index (χ4n) is 1.51. The van der Waals surface area contributed by atoms with Crippen molar-refractivity contribution >= 4 is 50.5 Å². The molecule has 2 rings (SSSR count). The Bertz CT molecular complexity index is 780. The second-order valence-electron chi connectivity index (χ2n) is 3.86. The van der Waals surface area contributed by atoms with Gasteiger partial charge in [0.2, 0.25) is 16.3 Å². The standard InChI is InChI=1S/C11H8Cl2N3O3S/c1-16(4-5-17)20(18,19)7-2-3-8-9(6-7)15-11(13)10(12)14-8/h2-3,6H,4H2,1H3. The lowest BCUT2D eigenvalue weighted by molar-refractivity contribution is 0.486. The van der Waals surface area contributed by atoms with Crippen LogP contribution >= 0.6 is 23.2 Å². The van der Waals surface area contributed by atoms with Crippen LogP contribution < -0.4 is 0 Å². The van der Waals surface area contributed by atoms with E-state index in [-0.39, 0.29) is 21.7 Å². The van der Waals surface area contributed by atoms with Crippen LogP contribution in [0.15, 0.2) is 23.1 Å². The first-order valence-electron chi connectivity index (χ1n) is 5.30. The third-order valence-electron chi connectivity index (χ3n) is 2.55. The van der Waals surface area contributed by atoms with Gasteiger partial charge in [-0.1, -0.05) is 23.2 Å². The molecule has 0 aliphatic rings. The lowest BCUT2D eigenvalue weighted by Crippen LogP contribution is -2.28. The van der Waals surface area contributed by atoms with E-state index in [0.717, 1.165) is 4.31 Å². The fraction of sp³-hybridized carbons (Fsp3) is 0.182. The Hall–Kier alpha value is -1.28. The lowest BCUT2D eigenvalue weighted by atomic mass is 10.3. The van der Waals surface area contributed by atoms with Crippen LogP contribution in [-0.2, 0) is 14.8 Å². The first kappa shape index (κ1) is 15.1. The number of sulfonamides is 1. The second kappa shape index (κ2) is 5.61. The second-order valence-corrected chi connectivity index (χ2v) is 6.62. The van der Waals surface area contributed by atoms with Crippen molar-refractivity contribution in [3.05, 3.63) is 28.5 Å². The number of hydrogen-bond acceptors (Lipinski definition) is 5. The minimum Gasteiger partial charge on any atom is -0.289 e. The number of rotatable bonds is 4. The van der Waals surface area contributed by atoms with Crippen molar-refractivity contribution < 1.29 is 13.2 Å². The summed E-state index contributed by atoms with van der Waals surface area (Å²) in [6.45, 7) is -0.354. The quantitative estimate of drug-likeness (QED) is 0.850. The molecule has 0 aliphatic carbocycles. The average molecular weight is 333 g/mol. The van der Waals surface area contributed by atoms with Gasteiger partial charge in [-0.2, -0.15) is 4.31 Å². The molecule has 0 fully saturated rings. The monoisotopic (exact) mass is 332 g/mol. The Labute approximate surface area is 125 Å². The molecule has 9 heteroatoms. The first-order valence-corrected chi connectivity index (χ1v) is 7.50. The van der Waals surface area contributed by atoms with Gasteiger partial charge in [-0.05, 0) is 18.2 Å². The van der Waals surface area contributed by atoms with E-state index in [9.17, 15) is 13.2 Å². The maximum absolute atomic E-state index is 12.2. The Balaban J connectivity index is 2.57. The number of nitrogens with zero attached hydrogens (tertiary/aromatic N) is 3. The van der Waals surface area contributed by atoms with E-state index in [1.54, 1.807) is 0 Å². The summed E-state index contributed by atoms with van der Waals surface area (Å²) in [5.74, 6) is 0. The lowest BCUT2D eigenvalue weighted by Gasteiger charge is -2.14. The molecule has 0 bridgehead atoms. The Kier molecular flexibility index (Phi) is 4.24. The zero-order valence-corrected chi connectivity index (χ0v) is 12.5. The summed E-state index contributed by atoms with van der Waals surface area (Å²) in [7, 11) is -2.51. The third kappa shape index (κ3) is 2.76. The Morgan fingerprint density at radius 1 is 1.20 bits per heavy atom. The van der Waals surface area contributed by atoms with Crippen molar-refractivity contribution in [2.75, 3.05) is 13.6 Å². The van der Waals surface area contributed by atoms with Crippen molar-refractivity contribution in [1.29, 1.82) is 0 Å². The van der Waals surface area contributed by atoms with Crippen molar-refractivity contribution in [1.82, 2.24) is 14.3 Å². The molecule has 1 heterocycles. The molecule has 0 saturated carbocycles. The number of carbonyl (C=O) groups excluding carboxylic acids is 1. The number of benzene rings is 1. The summed E-state index contributed by atoms with van der Waals surface area (Å²) in [5, 5.41) is 0.0331. The molecular weight excluding hydrogens is 325 g/mol. The van der Waals surface area contributed by atoms with Crippen molar-refractivity contribution in [2.24, 2.45) is 0 Å². The first-order chi connectivity index (χ1) is 9.36. The highest BCUT2D eigenvalue weighted by atomic mass is 35.5. The van der Waals surface area contributed by atoms with Gasteiger partial charge in [0.15, 0.2) is 10.3 Å². The van der Waals surface area contributed by atoms with Crippen molar-refractivity contribution in [3.8, 4) is 0 Å². The van der Waals surface area contributed by atoms with Crippen molar-refractivity contribution in [3.63, 3.8) is 0 Å². The van der Waals surface area contributed by atoms with Gasteiger partial charge in [-0.3, -0.25) is 4.79 Å². The van der Waals surface area contributed by atoms with Crippen molar-refractivity contribution in [2.45, 2.75) is 4.90 Å². The van der Waals surface area contributed by atoms with Gasteiger partial charge in [-0.15, -0.1) is 0 Å². The topological polar surface area (TPSA) is 80.2 Å². The summed E-state index contributed by atoms with van der Waals surface area (Å²) < 4.78 is 25.2. The van der Waals surface area contributed by atoms with Gasteiger partial charge >= 0.3 is 0 Å². The van der Waals surface area contributed by atoms with Gasteiger partial charge in [-0.25, -0.2) is 18.4 Å². The highest BCUT2D eigenvalue weighted by Gasteiger charge is 2.21. The van der Waals surface area contributed by atoms with Crippen LogP contribution in [0.5, 0.6) is 0 Å². The Morgan fingerprint density at radius 2 is 1.80 bits per heavy atom. The van der Waals surface area contributed by atoms with Crippen LogP contribution in [0.3, 0.4) is 0 Å². The van der Waals surface area contributed by atoms with Crippen LogP contribution in [0.2, 0.25) is 10.3 Å². The molecule has 6 nitrogen and oxygen atoms in total. The smallest absolute Gasteiger partial charge is 0.243 e. The molecular formula is C11H8Cl2N3O3S. The van der Waals surface area contributed by atoms with E-state index in [1.165, 1.54) is 31.5 Å². The normalized spacial score (nSPS) is 12.0. The highest BCUT2D eigenvalue weighted by molar-refractivity contribution is 7.89. The maximum Gasteiger partial charge on any atom is 0.243 e. The van der Waals surface area contributed by atoms with Crippen LogP contribution in [0.4, 0.5) is 0 Å². The SMILES string of the molecule is CN(C[C]=O)S(=O)(=O)c1ccc2nc(Cl)c(Cl)nc2c1. The molecule has 0 amide bonds. The molecule has 105 valence electrons. The predicted octanol–water partition coefficient (Wildman–Crippen LogP) is 1.67. The summed E-state index contributed by atoms with van der Waals surface area (Å²) in [5.41, 5.74) is 0.715. The molecule has 1 aromatic carbocycles.